The second kappa shape index (κ2) is 17.1. The molecule has 39 heavy (non-hydrogen) atoms. The third-order valence-corrected chi connectivity index (χ3v) is 8.38. The van der Waals surface area contributed by atoms with Gasteiger partial charge in [-0.1, -0.05) is 84.5 Å². The maximum Gasteiger partial charge on any atom is 0.314 e. The zero-order chi connectivity index (χ0) is 27.8. The predicted octanol–water partition coefficient (Wildman–Crippen LogP) is 9.40. The first-order valence-corrected chi connectivity index (χ1v) is 15.6. The Kier molecular flexibility index (Phi) is 13.5. The van der Waals surface area contributed by atoms with E-state index < -0.39 is 0 Å². The lowest BCUT2D eigenvalue weighted by Gasteiger charge is -2.34. The van der Waals surface area contributed by atoms with E-state index in [1.165, 1.54) is 76.2 Å². The fourth-order valence-electron chi connectivity index (χ4n) is 5.68. The molecule has 0 amide bonds. The van der Waals surface area contributed by atoms with Gasteiger partial charge in [0.1, 0.15) is 5.75 Å². The van der Waals surface area contributed by atoms with E-state index in [4.69, 9.17) is 4.74 Å². The normalized spacial score (nSPS) is 18.9. The molecule has 0 saturated heterocycles. The summed E-state index contributed by atoms with van der Waals surface area (Å²) in [6.07, 6.45) is 24.1. The Morgan fingerprint density at radius 3 is 2.03 bits per heavy atom. The largest absolute Gasteiger partial charge is 0.426 e. The molecule has 3 rings (SSSR count). The van der Waals surface area contributed by atoms with Gasteiger partial charge in [0.15, 0.2) is 5.82 Å². The second-order valence-corrected chi connectivity index (χ2v) is 11.6. The Bertz CT molecular complexity index is 1000. The Labute approximate surface area is 236 Å². The highest BCUT2D eigenvalue weighted by molar-refractivity contribution is 5.75. The third-order valence-electron chi connectivity index (χ3n) is 8.38. The van der Waals surface area contributed by atoms with Crippen molar-refractivity contribution in [1.82, 2.24) is 9.97 Å². The number of nitriles is 1. The number of carbonyl (C=O) groups excluding carboxylic acids is 1. The molecule has 1 heterocycles. The van der Waals surface area contributed by atoms with Crippen LogP contribution in [0.3, 0.4) is 0 Å². The number of benzene rings is 1. The summed E-state index contributed by atoms with van der Waals surface area (Å²) in [7, 11) is 0. The number of unbranched alkanes of at least 4 members (excludes halogenated alkanes) is 10. The molecule has 2 aromatic rings. The molecule has 212 valence electrons. The van der Waals surface area contributed by atoms with Gasteiger partial charge in [0.05, 0.1) is 17.4 Å². The van der Waals surface area contributed by atoms with Crippen LogP contribution in [0.2, 0.25) is 0 Å². The van der Waals surface area contributed by atoms with Gasteiger partial charge in [-0.05, 0) is 74.8 Å². The molecule has 5 nitrogen and oxygen atoms in total. The average Bonchev–Trinajstić information content (AvgIpc) is 2.97. The average molecular weight is 532 g/mol. The van der Waals surface area contributed by atoms with Crippen LogP contribution in [-0.4, -0.2) is 15.9 Å². The molecule has 0 unspecified atom stereocenters. The Morgan fingerprint density at radius 2 is 1.44 bits per heavy atom. The Morgan fingerprint density at radius 1 is 0.872 bits per heavy atom. The number of ether oxygens (including phenoxy) is 1. The van der Waals surface area contributed by atoms with Crippen molar-refractivity contribution in [2.75, 3.05) is 0 Å². The van der Waals surface area contributed by atoms with Gasteiger partial charge < -0.3 is 4.74 Å². The number of carbonyl (C=O) groups is 1. The first-order valence-electron chi connectivity index (χ1n) is 15.6. The van der Waals surface area contributed by atoms with E-state index in [2.05, 4.69) is 29.9 Å². The molecular weight excluding hydrogens is 482 g/mol. The van der Waals surface area contributed by atoms with Crippen molar-refractivity contribution >= 4 is 5.97 Å². The predicted molar refractivity (Wildman–Crippen MR) is 158 cm³/mol. The molecule has 0 atom stereocenters. The summed E-state index contributed by atoms with van der Waals surface area (Å²) in [4.78, 5) is 22.0. The van der Waals surface area contributed by atoms with E-state index in [0.29, 0.717) is 11.6 Å². The van der Waals surface area contributed by atoms with E-state index in [0.717, 1.165) is 50.5 Å². The number of nitrogens with zero attached hydrogens (tertiary/aromatic N) is 3. The van der Waals surface area contributed by atoms with Crippen LogP contribution in [0.4, 0.5) is 0 Å². The lowest BCUT2D eigenvalue weighted by atomic mass is 9.69. The third kappa shape index (κ3) is 10.4. The summed E-state index contributed by atoms with van der Waals surface area (Å²) >= 11 is 0. The fourth-order valence-corrected chi connectivity index (χ4v) is 5.68. The van der Waals surface area contributed by atoms with Gasteiger partial charge in [-0.3, -0.25) is 4.79 Å². The van der Waals surface area contributed by atoms with E-state index in [-0.39, 0.29) is 17.3 Å². The number of hydrogen-bond acceptors (Lipinski definition) is 5. The molecule has 0 spiro atoms. The summed E-state index contributed by atoms with van der Waals surface area (Å²) in [6.45, 7) is 4.47. The highest BCUT2D eigenvalue weighted by atomic mass is 16.5. The number of esters is 1. The quantitative estimate of drug-likeness (QED) is 0.115. The lowest BCUT2D eigenvalue weighted by molar-refractivity contribution is -0.140. The molecule has 1 aliphatic carbocycles. The highest BCUT2D eigenvalue weighted by Crippen LogP contribution is 2.42. The molecule has 1 aromatic carbocycles. The van der Waals surface area contributed by atoms with Gasteiger partial charge in [0, 0.05) is 18.0 Å². The number of aromatic nitrogens is 2. The monoisotopic (exact) mass is 531 g/mol. The number of hydrogen-bond donors (Lipinski definition) is 0. The smallest absolute Gasteiger partial charge is 0.314 e. The van der Waals surface area contributed by atoms with Crippen LogP contribution in [0.25, 0.3) is 11.4 Å². The molecule has 1 fully saturated rings. The van der Waals surface area contributed by atoms with Gasteiger partial charge in [-0.25, -0.2) is 9.97 Å². The minimum Gasteiger partial charge on any atom is -0.426 e. The molecular formula is C34H49N3O2. The maximum absolute atomic E-state index is 12.8. The van der Waals surface area contributed by atoms with Crippen molar-refractivity contribution in [3.05, 3.63) is 42.2 Å². The Hall–Kier alpha value is -2.74. The van der Waals surface area contributed by atoms with Crippen LogP contribution in [0.1, 0.15) is 129 Å². The molecule has 0 aliphatic heterocycles. The van der Waals surface area contributed by atoms with Gasteiger partial charge in [0.25, 0.3) is 0 Å². The van der Waals surface area contributed by atoms with Crippen molar-refractivity contribution < 1.29 is 9.53 Å². The molecule has 1 aromatic heterocycles. The minimum atomic E-state index is -0.256. The molecule has 0 radical (unpaired) electrons. The fraction of sp³-hybridized carbons (Fsp3) is 0.647. The summed E-state index contributed by atoms with van der Waals surface area (Å²) in [5.41, 5.74) is 1.84. The SMILES string of the molecule is CCCCCCCCCc1cnc(-c2ccc(OC(=O)[C@H]3CC[C@@](C#N)(CCCCCCC)CC3)cc2)nc1. The first kappa shape index (κ1) is 30.8. The first-order chi connectivity index (χ1) is 19.1. The van der Waals surface area contributed by atoms with Crippen molar-refractivity contribution in [3.63, 3.8) is 0 Å². The van der Waals surface area contributed by atoms with Gasteiger partial charge in [-0.15, -0.1) is 0 Å². The summed E-state index contributed by atoms with van der Waals surface area (Å²) < 4.78 is 5.71. The van der Waals surface area contributed by atoms with Gasteiger partial charge in [-0.2, -0.15) is 5.26 Å². The van der Waals surface area contributed by atoms with E-state index in [1.807, 2.05) is 36.7 Å². The van der Waals surface area contributed by atoms with Crippen LogP contribution in [0, 0.1) is 22.7 Å². The molecule has 0 N–H and O–H groups in total. The minimum absolute atomic E-state index is 0.126. The van der Waals surface area contributed by atoms with Crippen LogP contribution in [0.15, 0.2) is 36.7 Å². The van der Waals surface area contributed by atoms with Crippen molar-refractivity contribution in [2.24, 2.45) is 11.3 Å². The Balaban J connectivity index is 1.41. The van der Waals surface area contributed by atoms with Crippen molar-refractivity contribution in [2.45, 2.75) is 129 Å². The van der Waals surface area contributed by atoms with E-state index in [1.54, 1.807) is 0 Å². The second-order valence-electron chi connectivity index (χ2n) is 11.6. The highest BCUT2D eigenvalue weighted by Gasteiger charge is 2.38. The lowest BCUT2D eigenvalue weighted by Crippen LogP contribution is -2.31. The topological polar surface area (TPSA) is 75.9 Å². The van der Waals surface area contributed by atoms with Gasteiger partial charge >= 0.3 is 5.97 Å². The zero-order valence-corrected chi connectivity index (χ0v) is 24.4. The summed E-state index contributed by atoms with van der Waals surface area (Å²) in [5.74, 6) is 0.931. The summed E-state index contributed by atoms with van der Waals surface area (Å²) in [6, 6.07) is 10.1. The molecule has 1 saturated carbocycles. The standard InChI is InChI=1S/C34H49N3O2/c1-3-5-7-9-10-11-13-15-28-25-36-32(37-26-28)29-16-18-31(19-17-29)39-33(38)30-20-23-34(27-35,24-21-30)22-14-12-8-6-4-2/h16-19,25-26,30H,3-15,20-24H2,1-2H3/t30-,34-. The van der Waals surface area contributed by atoms with E-state index >= 15 is 0 Å². The van der Waals surface area contributed by atoms with Crippen molar-refractivity contribution in [1.29, 1.82) is 5.26 Å². The van der Waals surface area contributed by atoms with Crippen LogP contribution in [0.5, 0.6) is 5.75 Å². The van der Waals surface area contributed by atoms with Crippen LogP contribution in [-0.2, 0) is 11.2 Å². The van der Waals surface area contributed by atoms with Crippen molar-refractivity contribution in [3.8, 4) is 23.2 Å². The number of rotatable bonds is 17. The van der Waals surface area contributed by atoms with Gasteiger partial charge in [0.2, 0.25) is 0 Å². The maximum atomic E-state index is 12.8. The molecule has 5 heteroatoms. The zero-order valence-electron chi connectivity index (χ0n) is 24.4. The summed E-state index contributed by atoms with van der Waals surface area (Å²) in [5, 5.41) is 9.84. The number of aryl methyl sites for hydroxylation is 1. The van der Waals surface area contributed by atoms with Crippen LogP contribution >= 0.6 is 0 Å². The van der Waals surface area contributed by atoms with E-state index in [9.17, 15) is 10.1 Å². The van der Waals surface area contributed by atoms with Crippen LogP contribution < -0.4 is 4.74 Å². The molecule has 1 aliphatic rings. The molecule has 0 bridgehead atoms.